The van der Waals surface area contributed by atoms with Gasteiger partial charge in [0.25, 0.3) is 5.91 Å². The number of rotatable bonds is 4. The third-order valence-corrected chi connectivity index (χ3v) is 3.85. The molecule has 0 spiro atoms. The van der Waals surface area contributed by atoms with E-state index in [1.165, 1.54) is 32.4 Å². The normalized spacial score (nSPS) is 23.3. The van der Waals surface area contributed by atoms with Gasteiger partial charge in [0.2, 0.25) is 0 Å². The van der Waals surface area contributed by atoms with Crippen LogP contribution in [0.1, 0.15) is 26.2 Å². The van der Waals surface area contributed by atoms with Gasteiger partial charge in [-0.2, -0.15) is 0 Å². The number of hydrogen-bond acceptors (Lipinski definition) is 2. The fourth-order valence-corrected chi connectivity index (χ4v) is 2.49. The molecule has 104 valence electrons. The molecule has 0 bridgehead atoms. The summed E-state index contributed by atoms with van der Waals surface area (Å²) < 4.78 is 0. The average Bonchev–Trinajstić information content (AvgIpc) is 2.46. The van der Waals surface area contributed by atoms with E-state index in [1.54, 1.807) is 0 Å². The Labute approximate surface area is 116 Å². The number of allylic oxidation sites excluding steroid dienone is 1. The fraction of sp³-hybridized carbons (Fsp3) is 0.625. The van der Waals surface area contributed by atoms with Crippen LogP contribution in [0.3, 0.4) is 0 Å². The fourth-order valence-electron chi connectivity index (χ4n) is 2.49. The first-order valence-electron chi connectivity index (χ1n) is 7.29. The second-order valence-corrected chi connectivity index (χ2v) is 5.57. The van der Waals surface area contributed by atoms with Gasteiger partial charge < -0.3 is 9.80 Å². The zero-order valence-corrected chi connectivity index (χ0v) is 12.1. The summed E-state index contributed by atoms with van der Waals surface area (Å²) in [4.78, 5) is 16.5. The van der Waals surface area contributed by atoms with Crippen LogP contribution in [-0.2, 0) is 4.79 Å². The van der Waals surface area contributed by atoms with Gasteiger partial charge in [0.15, 0.2) is 0 Å². The van der Waals surface area contributed by atoms with E-state index < -0.39 is 0 Å². The summed E-state index contributed by atoms with van der Waals surface area (Å²) in [6.07, 6.45) is 9.84. The van der Waals surface area contributed by atoms with Crippen molar-refractivity contribution in [2.24, 2.45) is 5.92 Å². The molecule has 19 heavy (non-hydrogen) atoms. The van der Waals surface area contributed by atoms with Crippen LogP contribution < -0.4 is 0 Å². The number of carbonyl (C=O) groups is 1. The van der Waals surface area contributed by atoms with Crippen molar-refractivity contribution >= 4 is 5.91 Å². The number of likely N-dealkylation sites (N-methyl/N-ethyl adjacent to an activating group) is 1. The first-order valence-corrected chi connectivity index (χ1v) is 7.29. The summed E-state index contributed by atoms with van der Waals surface area (Å²) in [7, 11) is 1.88. The van der Waals surface area contributed by atoms with Crippen LogP contribution in [0.25, 0.3) is 0 Å². The molecule has 1 aliphatic heterocycles. The molecule has 0 aromatic heterocycles. The van der Waals surface area contributed by atoms with Crippen molar-refractivity contribution in [2.75, 3.05) is 33.2 Å². The molecular formula is C16H24N2O. The third-order valence-electron chi connectivity index (χ3n) is 3.85. The highest BCUT2D eigenvalue weighted by Crippen LogP contribution is 2.12. The van der Waals surface area contributed by atoms with E-state index in [1.807, 2.05) is 30.2 Å². The van der Waals surface area contributed by atoms with Crippen LogP contribution in [0.5, 0.6) is 0 Å². The molecule has 1 aliphatic carbocycles. The average molecular weight is 260 g/mol. The highest BCUT2D eigenvalue weighted by Gasteiger charge is 2.16. The third kappa shape index (κ3) is 4.09. The van der Waals surface area contributed by atoms with Gasteiger partial charge in [0.1, 0.15) is 0 Å². The van der Waals surface area contributed by atoms with Gasteiger partial charge in [-0.1, -0.05) is 19.4 Å². The molecule has 0 saturated carbocycles. The van der Waals surface area contributed by atoms with Crippen molar-refractivity contribution in [2.45, 2.75) is 26.2 Å². The first kappa shape index (κ1) is 14.1. The van der Waals surface area contributed by atoms with E-state index in [4.69, 9.17) is 0 Å². The second kappa shape index (κ2) is 6.74. The lowest BCUT2D eigenvalue weighted by molar-refractivity contribution is -0.125. The second-order valence-electron chi connectivity index (χ2n) is 5.57. The molecule has 3 nitrogen and oxygen atoms in total. The molecule has 1 fully saturated rings. The van der Waals surface area contributed by atoms with Crippen molar-refractivity contribution < 1.29 is 4.79 Å². The van der Waals surface area contributed by atoms with Crippen LogP contribution >= 0.6 is 0 Å². The van der Waals surface area contributed by atoms with Crippen molar-refractivity contribution in [3.05, 3.63) is 29.5 Å². The summed E-state index contributed by atoms with van der Waals surface area (Å²) in [5.41, 5.74) is 3.77. The molecule has 1 unspecified atom stereocenters. The lowest BCUT2D eigenvalue weighted by Crippen LogP contribution is -2.39. The molecule has 0 N–H and O–H groups in total. The summed E-state index contributed by atoms with van der Waals surface area (Å²) in [6.45, 7) is 6.24. The van der Waals surface area contributed by atoms with E-state index in [0.717, 1.165) is 13.1 Å². The Hall–Kier alpha value is -1.31. The highest BCUT2D eigenvalue weighted by molar-refractivity contribution is 5.96. The van der Waals surface area contributed by atoms with E-state index in [-0.39, 0.29) is 5.91 Å². The Morgan fingerprint density at radius 3 is 2.79 bits per heavy atom. The van der Waals surface area contributed by atoms with Crippen LogP contribution in [-0.4, -0.2) is 48.9 Å². The predicted octanol–water partition coefficient (Wildman–Crippen LogP) is 2.22. The topological polar surface area (TPSA) is 23.6 Å². The van der Waals surface area contributed by atoms with E-state index in [2.05, 4.69) is 17.6 Å². The van der Waals surface area contributed by atoms with Gasteiger partial charge >= 0.3 is 0 Å². The smallest absolute Gasteiger partial charge is 0.261 e. The Bertz CT molecular complexity index is 412. The van der Waals surface area contributed by atoms with E-state index in [0.29, 0.717) is 11.5 Å². The van der Waals surface area contributed by atoms with E-state index in [9.17, 15) is 4.79 Å². The zero-order valence-electron chi connectivity index (χ0n) is 12.1. The van der Waals surface area contributed by atoms with Crippen LogP contribution in [0.2, 0.25) is 0 Å². The number of likely N-dealkylation sites (tertiary alicyclic amines) is 1. The number of piperidine rings is 1. The Morgan fingerprint density at radius 1 is 1.42 bits per heavy atom. The van der Waals surface area contributed by atoms with Crippen LogP contribution in [0.4, 0.5) is 0 Å². The van der Waals surface area contributed by atoms with Gasteiger partial charge in [0, 0.05) is 20.1 Å². The summed E-state index contributed by atoms with van der Waals surface area (Å²) in [5, 5.41) is 0. The molecule has 0 aromatic carbocycles. The molecule has 0 radical (unpaired) electrons. The molecule has 2 aliphatic rings. The first-order chi connectivity index (χ1) is 9.16. The molecular weight excluding hydrogens is 236 g/mol. The number of carbonyl (C=O) groups excluding carboxylic acids is 1. The van der Waals surface area contributed by atoms with Crippen LogP contribution in [0, 0.1) is 5.92 Å². The maximum Gasteiger partial charge on any atom is 0.261 e. The Morgan fingerprint density at radius 2 is 2.16 bits per heavy atom. The SMILES string of the molecule is CC1C=C=C(C(=O)N(C)CCN2CCCCC2)C=C1. The zero-order chi connectivity index (χ0) is 13.7. The van der Waals surface area contributed by atoms with Gasteiger partial charge in [-0.05, 0) is 44.0 Å². The van der Waals surface area contributed by atoms with Crippen molar-refractivity contribution in [3.63, 3.8) is 0 Å². The summed E-state index contributed by atoms with van der Waals surface area (Å²) >= 11 is 0. The summed E-state index contributed by atoms with van der Waals surface area (Å²) in [5.74, 6) is 0.464. The minimum Gasteiger partial charge on any atom is -0.340 e. The minimum absolute atomic E-state index is 0.0800. The van der Waals surface area contributed by atoms with Crippen molar-refractivity contribution in [3.8, 4) is 0 Å². The molecule has 1 amide bonds. The molecule has 3 heteroatoms. The lowest BCUT2D eigenvalue weighted by Gasteiger charge is -2.28. The Kier molecular flexibility index (Phi) is 5.00. The van der Waals surface area contributed by atoms with Gasteiger partial charge in [-0.3, -0.25) is 4.79 Å². The van der Waals surface area contributed by atoms with E-state index >= 15 is 0 Å². The maximum atomic E-state index is 12.2. The molecule has 1 heterocycles. The molecule has 2 rings (SSSR count). The van der Waals surface area contributed by atoms with Crippen LogP contribution in [0.15, 0.2) is 29.5 Å². The van der Waals surface area contributed by atoms with Gasteiger partial charge in [0.05, 0.1) is 5.57 Å². The lowest BCUT2D eigenvalue weighted by atomic mass is 10.0. The largest absolute Gasteiger partial charge is 0.340 e. The van der Waals surface area contributed by atoms with Gasteiger partial charge in [-0.15, -0.1) is 5.73 Å². The molecule has 1 atom stereocenters. The molecule has 1 saturated heterocycles. The quantitative estimate of drug-likeness (QED) is 0.724. The number of nitrogens with zero attached hydrogens (tertiary/aromatic N) is 2. The van der Waals surface area contributed by atoms with Crippen molar-refractivity contribution in [1.29, 1.82) is 0 Å². The molecule has 0 aromatic rings. The Balaban J connectivity index is 1.82. The summed E-state index contributed by atoms with van der Waals surface area (Å²) in [6, 6.07) is 0. The van der Waals surface area contributed by atoms with Gasteiger partial charge in [-0.25, -0.2) is 0 Å². The highest BCUT2D eigenvalue weighted by atomic mass is 16.2. The number of hydrogen-bond donors (Lipinski definition) is 0. The minimum atomic E-state index is 0.0800. The van der Waals surface area contributed by atoms with Crippen molar-refractivity contribution in [1.82, 2.24) is 9.80 Å². The maximum absolute atomic E-state index is 12.2. The number of amides is 1. The monoisotopic (exact) mass is 260 g/mol. The standard InChI is InChI=1S/C16H24N2O/c1-14-6-8-15(9-7-14)16(19)17(2)12-13-18-10-4-3-5-11-18/h6-8,14H,3-5,10-13H2,1-2H3. The predicted molar refractivity (Wildman–Crippen MR) is 77.8 cm³/mol.